The summed E-state index contributed by atoms with van der Waals surface area (Å²) in [6.45, 7) is 2.73. The zero-order valence-electron chi connectivity index (χ0n) is 18.1. The highest BCUT2D eigenvalue weighted by Crippen LogP contribution is 2.23. The van der Waals surface area contributed by atoms with E-state index in [1.807, 2.05) is 6.07 Å². The van der Waals surface area contributed by atoms with Crippen molar-refractivity contribution in [3.05, 3.63) is 64.7 Å². The van der Waals surface area contributed by atoms with E-state index in [-0.39, 0.29) is 24.3 Å². The van der Waals surface area contributed by atoms with Gasteiger partial charge in [0.05, 0.1) is 22.8 Å². The zero-order chi connectivity index (χ0) is 22.3. The molecule has 0 saturated carbocycles. The Kier molecular flexibility index (Phi) is 11.5. The molecular formula is C25H31ClO5. The molecule has 0 fully saturated rings. The van der Waals surface area contributed by atoms with Crippen molar-refractivity contribution in [1.29, 1.82) is 0 Å². The van der Waals surface area contributed by atoms with Gasteiger partial charge in [0.1, 0.15) is 19.0 Å². The first kappa shape index (κ1) is 24.7. The number of rotatable bonds is 14. The van der Waals surface area contributed by atoms with Crippen molar-refractivity contribution >= 4 is 23.5 Å². The number of hydrogen-bond acceptors (Lipinski definition) is 5. The van der Waals surface area contributed by atoms with Crippen LogP contribution in [0.3, 0.4) is 0 Å². The Labute approximate surface area is 189 Å². The van der Waals surface area contributed by atoms with Gasteiger partial charge in [-0.2, -0.15) is 0 Å². The van der Waals surface area contributed by atoms with Gasteiger partial charge in [-0.05, 0) is 30.7 Å². The van der Waals surface area contributed by atoms with Gasteiger partial charge in [0.15, 0.2) is 0 Å². The Hall–Kier alpha value is -2.53. The molecule has 2 rings (SSSR count). The van der Waals surface area contributed by atoms with Gasteiger partial charge in [0.2, 0.25) is 0 Å². The monoisotopic (exact) mass is 446 g/mol. The molecule has 0 aliphatic heterocycles. The Morgan fingerprint density at radius 2 is 1.26 bits per heavy atom. The number of benzene rings is 2. The van der Waals surface area contributed by atoms with Crippen LogP contribution in [0.4, 0.5) is 0 Å². The maximum absolute atomic E-state index is 12.4. The molecule has 0 aliphatic carbocycles. The van der Waals surface area contributed by atoms with Crippen LogP contribution in [0.1, 0.15) is 72.6 Å². The molecule has 0 saturated heterocycles. The van der Waals surface area contributed by atoms with Crippen molar-refractivity contribution in [2.24, 2.45) is 0 Å². The summed E-state index contributed by atoms with van der Waals surface area (Å²) in [5, 5.41) is 0.489. The third-order valence-corrected chi connectivity index (χ3v) is 5.07. The number of carbonyl (C=O) groups excluding carboxylic acids is 2. The second-order valence-corrected chi connectivity index (χ2v) is 7.62. The highest BCUT2D eigenvalue weighted by Gasteiger charge is 2.19. The van der Waals surface area contributed by atoms with Crippen LogP contribution >= 0.6 is 11.6 Å². The van der Waals surface area contributed by atoms with Crippen LogP contribution < -0.4 is 4.74 Å². The van der Waals surface area contributed by atoms with E-state index in [0.717, 1.165) is 19.3 Å². The van der Waals surface area contributed by atoms with E-state index in [1.54, 1.807) is 42.5 Å². The number of halogens is 1. The van der Waals surface area contributed by atoms with Gasteiger partial charge in [-0.25, -0.2) is 9.59 Å². The van der Waals surface area contributed by atoms with E-state index in [2.05, 4.69) is 6.92 Å². The minimum absolute atomic E-state index is 0.0332. The fraction of sp³-hybridized carbons (Fsp3) is 0.440. The van der Waals surface area contributed by atoms with Gasteiger partial charge in [-0.3, -0.25) is 0 Å². The Bertz CT molecular complexity index is 821. The number of para-hydroxylation sites is 1. The van der Waals surface area contributed by atoms with Crippen LogP contribution in [0, 0.1) is 0 Å². The van der Waals surface area contributed by atoms with Gasteiger partial charge in [0, 0.05) is 0 Å². The van der Waals surface area contributed by atoms with Gasteiger partial charge >= 0.3 is 11.9 Å². The molecule has 0 atom stereocenters. The molecule has 0 spiro atoms. The minimum Gasteiger partial charge on any atom is -0.488 e. The molecule has 31 heavy (non-hydrogen) atoms. The summed E-state index contributed by atoms with van der Waals surface area (Å²) in [5.74, 6) is -0.577. The van der Waals surface area contributed by atoms with E-state index in [0.29, 0.717) is 17.4 Å². The van der Waals surface area contributed by atoms with Crippen LogP contribution in [-0.4, -0.2) is 31.8 Å². The molecule has 2 aromatic rings. The van der Waals surface area contributed by atoms with Crippen LogP contribution in [-0.2, 0) is 9.47 Å². The molecule has 6 heteroatoms. The molecule has 0 N–H and O–H groups in total. The Balaban J connectivity index is 1.74. The summed E-state index contributed by atoms with van der Waals surface area (Å²) in [4.78, 5) is 24.9. The normalized spacial score (nSPS) is 10.5. The van der Waals surface area contributed by atoms with Gasteiger partial charge < -0.3 is 14.2 Å². The lowest BCUT2D eigenvalue weighted by atomic mass is 10.1. The maximum Gasteiger partial charge on any atom is 0.339 e. The quantitative estimate of drug-likeness (QED) is 0.245. The van der Waals surface area contributed by atoms with E-state index in [4.69, 9.17) is 25.8 Å². The molecule has 0 heterocycles. The second-order valence-electron chi connectivity index (χ2n) is 7.22. The highest BCUT2D eigenvalue weighted by molar-refractivity contribution is 6.32. The van der Waals surface area contributed by atoms with Crippen LogP contribution in [0.2, 0.25) is 5.02 Å². The second kappa shape index (κ2) is 14.5. The minimum atomic E-state index is -0.591. The van der Waals surface area contributed by atoms with E-state index in [9.17, 15) is 9.59 Å². The summed E-state index contributed by atoms with van der Waals surface area (Å²) >= 11 is 6.02. The van der Waals surface area contributed by atoms with Crippen molar-refractivity contribution in [3.8, 4) is 5.75 Å². The molecule has 0 aliphatic rings. The fourth-order valence-electron chi connectivity index (χ4n) is 3.07. The summed E-state index contributed by atoms with van der Waals surface area (Å²) < 4.78 is 16.1. The third-order valence-electron chi connectivity index (χ3n) is 4.76. The van der Waals surface area contributed by atoms with Gasteiger partial charge in [-0.1, -0.05) is 81.3 Å². The Morgan fingerprint density at radius 1 is 0.710 bits per heavy atom. The third kappa shape index (κ3) is 9.01. The maximum atomic E-state index is 12.4. The lowest BCUT2D eigenvalue weighted by molar-refractivity contribution is 0.0422. The van der Waals surface area contributed by atoms with E-state index in [1.165, 1.54) is 25.7 Å². The lowest BCUT2D eigenvalue weighted by Crippen LogP contribution is -2.17. The van der Waals surface area contributed by atoms with Crippen molar-refractivity contribution in [1.82, 2.24) is 0 Å². The zero-order valence-corrected chi connectivity index (χ0v) is 18.9. The smallest absolute Gasteiger partial charge is 0.339 e. The van der Waals surface area contributed by atoms with Crippen molar-refractivity contribution < 1.29 is 23.8 Å². The molecule has 0 radical (unpaired) electrons. The molecule has 0 unspecified atom stereocenters. The number of ether oxygens (including phenoxy) is 3. The summed E-state index contributed by atoms with van der Waals surface area (Å²) in [7, 11) is 0. The van der Waals surface area contributed by atoms with Crippen LogP contribution in [0.25, 0.3) is 0 Å². The van der Waals surface area contributed by atoms with E-state index >= 15 is 0 Å². The fourth-order valence-corrected chi connectivity index (χ4v) is 3.26. The largest absolute Gasteiger partial charge is 0.488 e. The topological polar surface area (TPSA) is 61.8 Å². The predicted octanol–water partition coefficient (Wildman–Crippen LogP) is 6.48. The molecule has 5 nitrogen and oxygen atoms in total. The van der Waals surface area contributed by atoms with Crippen molar-refractivity contribution in [2.45, 2.75) is 51.9 Å². The Morgan fingerprint density at radius 3 is 1.90 bits per heavy atom. The van der Waals surface area contributed by atoms with Gasteiger partial charge in [-0.15, -0.1) is 0 Å². The first-order chi connectivity index (χ1) is 15.1. The number of esters is 2. The number of unbranched alkanes of at least 4 members (excludes halogenated alkanes) is 6. The summed E-state index contributed by atoms with van der Waals surface area (Å²) in [6, 6.07) is 13.6. The standard InChI is InChI=1S/C25H31ClO5/c1-2-3-4-5-6-7-12-17-30-24(27)20-13-8-9-14-21(20)25(28)31-19-18-29-23-16-11-10-15-22(23)26/h8-11,13-16H,2-7,12,17-19H2,1H3. The molecular weight excluding hydrogens is 416 g/mol. The van der Waals surface area contributed by atoms with Crippen LogP contribution in [0.5, 0.6) is 5.75 Å². The number of hydrogen-bond donors (Lipinski definition) is 0. The van der Waals surface area contributed by atoms with Crippen molar-refractivity contribution in [3.63, 3.8) is 0 Å². The lowest BCUT2D eigenvalue weighted by Gasteiger charge is -2.11. The van der Waals surface area contributed by atoms with Gasteiger partial charge in [0.25, 0.3) is 0 Å². The summed E-state index contributed by atoms with van der Waals surface area (Å²) in [5.41, 5.74) is 0.396. The first-order valence-electron chi connectivity index (χ1n) is 10.9. The van der Waals surface area contributed by atoms with E-state index < -0.39 is 11.9 Å². The summed E-state index contributed by atoms with van der Waals surface area (Å²) in [6.07, 6.45) is 7.99. The molecule has 2 aromatic carbocycles. The predicted molar refractivity (Wildman–Crippen MR) is 122 cm³/mol. The average molecular weight is 447 g/mol. The molecule has 168 valence electrons. The van der Waals surface area contributed by atoms with Crippen molar-refractivity contribution in [2.75, 3.05) is 19.8 Å². The average Bonchev–Trinajstić information content (AvgIpc) is 2.79. The molecule has 0 aromatic heterocycles. The first-order valence-corrected chi connectivity index (χ1v) is 11.3. The number of carbonyl (C=O) groups is 2. The highest BCUT2D eigenvalue weighted by atomic mass is 35.5. The van der Waals surface area contributed by atoms with Crippen LogP contribution in [0.15, 0.2) is 48.5 Å². The molecule has 0 bridgehead atoms. The molecule has 0 amide bonds. The SMILES string of the molecule is CCCCCCCCCOC(=O)c1ccccc1C(=O)OCCOc1ccccc1Cl.